The summed E-state index contributed by atoms with van der Waals surface area (Å²) in [5.74, 6) is -0.829. The van der Waals surface area contributed by atoms with Crippen LogP contribution >= 0.6 is 34.5 Å². The van der Waals surface area contributed by atoms with Crippen molar-refractivity contribution >= 4 is 67.3 Å². The largest absolute Gasteiger partial charge is 0.507 e. The van der Waals surface area contributed by atoms with Gasteiger partial charge in [-0.3, -0.25) is 14.5 Å². The molecule has 37 heavy (non-hydrogen) atoms. The Morgan fingerprint density at radius 1 is 1.05 bits per heavy atom. The highest BCUT2D eigenvalue weighted by atomic mass is 35.5. The van der Waals surface area contributed by atoms with Crippen molar-refractivity contribution in [2.24, 2.45) is 0 Å². The van der Waals surface area contributed by atoms with Crippen LogP contribution in [-0.4, -0.2) is 35.5 Å². The molecule has 0 saturated carbocycles. The van der Waals surface area contributed by atoms with E-state index in [2.05, 4.69) is 4.98 Å². The van der Waals surface area contributed by atoms with Crippen molar-refractivity contribution < 1.29 is 24.2 Å². The highest BCUT2D eigenvalue weighted by molar-refractivity contribution is 7.22. The monoisotopic (exact) mass is 554 g/mol. The van der Waals surface area contributed by atoms with Crippen LogP contribution in [0.1, 0.15) is 24.1 Å². The number of ether oxygens (including phenoxy) is 2. The quantitative estimate of drug-likeness (QED) is 0.163. The number of hydrogen-bond donors (Lipinski definition) is 1. The number of aliphatic hydroxyl groups is 1. The van der Waals surface area contributed by atoms with E-state index in [1.165, 1.54) is 16.2 Å². The molecule has 1 aliphatic heterocycles. The number of nitrogens with zero attached hydrogens (tertiary/aromatic N) is 2. The van der Waals surface area contributed by atoms with Crippen molar-refractivity contribution in [2.45, 2.75) is 13.0 Å². The van der Waals surface area contributed by atoms with Gasteiger partial charge in [-0.05, 0) is 55.0 Å². The number of halogens is 2. The van der Waals surface area contributed by atoms with E-state index in [1.54, 1.807) is 67.8 Å². The van der Waals surface area contributed by atoms with E-state index < -0.39 is 17.7 Å². The van der Waals surface area contributed by atoms with E-state index in [9.17, 15) is 14.7 Å². The van der Waals surface area contributed by atoms with Gasteiger partial charge in [-0.15, -0.1) is 0 Å². The van der Waals surface area contributed by atoms with E-state index in [4.69, 9.17) is 32.7 Å². The van der Waals surface area contributed by atoms with Crippen LogP contribution in [0.25, 0.3) is 16.0 Å². The number of carbonyl (C=O) groups is 2. The second-order valence-corrected chi connectivity index (χ2v) is 9.96. The number of ketones is 1. The maximum atomic E-state index is 13.4. The van der Waals surface area contributed by atoms with Crippen LogP contribution in [0, 0.1) is 0 Å². The number of anilines is 1. The van der Waals surface area contributed by atoms with Crippen molar-refractivity contribution in [2.75, 3.05) is 18.6 Å². The Labute approximate surface area is 226 Å². The number of Topliss-reactive ketones (excluding diaryl/α,β-unsaturated/α-hetero) is 1. The fourth-order valence-corrected chi connectivity index (χ4v) is 5.53. The molecular weight excluding hydrogens is 535 g/mol. The number of aromatic nitrogens is 1. The summed E-state index contributed by atoms with van der Waals surface area (Å²) in [6, 6.07) is 15.9. The molecule has 1 atom stereocenters. The SMILES string of the molecule is CCOc1cccc(C(O)=C2C(=O)C(=O)N(c3nc4ccc(OC)cc4s3)C2c2ccc(Cl)c(Cl)c2)c1. The lowest BCUT2D eigenvalue weighted by Gasteiger charge is -2.23. The fourth-order valence-electron chi connectivity index (χ4n) is 4.21. The standard InChI is InChI=1S/C27H20Cl2N2O5S/c1-3-36-17-6-4-5-15(11-17)24(32)22-23(14-7-9-18(28)19(29)12-14)31(26(34)25(22)33)27-30-20-10-8-16(35-2)13-21(20)37-27/h4-13,23,32H,3H2,1-2H3. The van der Waals surface area contributed by atoms with Gasteiger partial charge in [0, 0.05) is 5.56 Å². The molecule has 0 aliphatic carbocycles. The molecule has 1 aromatic heterocycles. The number of carbonyl (C=O) groups excluding carboxylic acids is 2. The molecule has 2 heterocycles. The van der Waals surface area contributed by atoms with E-state index in [-0.39, 0.29) is 16.4 Å². The zero-order valence-corrected chi connectivity index (χ0v) is 22.0. The molecule has 1 unspecified atom stereocenters. The van der Waals surface area contributed by atoms with Gasteiger partial charge in [0.15, 0.2) is 5.13 Å². The molecule has 4 aromatic rings. The second-order valence-electron chi connectivity index (χ2n) is 8.13. The molecule has 0 spiro atoms. The molecule has 5 rings (SSSR count). The number of thiazole rings is 1. The van der Waals surface area contributed by atoms with Gasteiger partial charge in [0.1, 0.15) is 17.3 Å². The van der Waals surface area contributed by atoms with Gasteiger partial charge in [0.25, 0.3) is 5.78 Å². The maximum Gasteiger partial charge on any atom is 0.301 e. The van der Waals surface area contributed by atoms with Crippen LogP contribution in [0.4, 0.5) is 5.13 Å². The maximum absolute atomic E-state index is 13.4. The highest BCUT2D eigenvalue weighted by Crippen LogP contribution is 2.45. The summed E-state index contributed by atoms with van der Waals surface area (Å²) < 4.78 is 11.6. The van der Waals surface area contributed by atoms with Crippen LogP contribution in [0.15, 0.2) is 66.2 Å². The number of aliphatic hydroxyl groups excluding tert-OH is 1. The summed E-state index contributed by atoms with van der Waals surface area (Å²) in [4.78, 5) is 32.8. The first kappa shape index (κ1) is 25.1. The summed E-state index contributed by atoms with van der Waals surface area (Å²) in [7, 11) is 1.56. The molecule has 3 aromatic carbocycles. The number of rotatable bonds is 6. The Bertz CT molecular complexity index is 1580. The summed E-state index contributed by atoms with van der Waals surface area (Å²) in [6.45, 7) is 2.27. The average molecular weight is 555 g/mol. The van der Waals surface area contributed by atoms with Gasteiger partial charge in [-0.1, -0.05) is 52.7 Å². The topological polar surface area (TPSA) is 89.0 Å². The van der Waals surface area contributed by atoms with E-state index in [0.717, 1.165) is 4.70 Å². The van der Waals surface area contributed by atoms with E-state index >= 15 is 0 Å². The van der Waals surface area contributed by atoms with E-state index in [0.29, 0.717) is 44.9 Å². The molecule has 1 fully saturated rings. The van der Waals surface area contributed by atoms with Crippen LogP contribution in [0.2, 0.25) is 10.0 Å². The van der Waals surface area contributed by atoms with Crippen molar-refractivity contribution in [1.82, 2.24) is 4.98 Å². The molecule has 1 saturated heterocycles. The molecular formula is C27H20Cl2N2O5S. The number of hydrogen-bond acceptors (Lipinski definition) is 7. The van der Waals surface area contributed by atoms with Crippen LogP contribution < -0.4 is 14.4 Å². The van der Waals surface area contributed by atoms with Gasteiger partial charge < -0.3 is 14.6 Å². The number of benzene rings is 3. The van der Waals surface area contributed by atoms with Crippen LogP contribution in [0.5, 0.6) is 11.5 Å². The zero-order valence-electron chi connectivity index (χ0n) is 19.7. The first-order chi connectivity index (χ1) is 17.8. The van der Waals surface area contributed by atoms with Gasteiger partial charge in [0.2, 0.25) is 0 Å². The first-order valence-electron chi connectivity index (χ1n) is 11.3. The molecule has 1 amide bonds. The third kappa shape index (κ3) is 4.52. The minimum absolute atomic E-state index is 0.0890. The fraction of sp³-hybridized carbons (Fsp3) is 0.148. The van der Waals surface area contributed by atoms with Crippen molar-refractivity contribution in [3.05, 3.63) is 87.4 Å². The Morgan fingerprint density at radius 2 is 1.86 bits per heavy atom. The normalized spacial score (nSPS) is 17.0. The summed E-state index contributed by atoms with van der Waals surface area (Å²) in [5.41, 5.74) is 1.38. The Hall–Kier alpha value is -3.59. The Kier molecular flexibility index (Phi) is 6.81. The molecule has 1 aliphatic rings. The van der Waals surface area contributed by atoms with Crippen molar-refractivity contribution in [1.29, 1.82) is 0 Å². The van der Waals surface area contributed by atoms with E-state index in [1.807, 2.05) is 6.92 Å². The predicted molar refractivity (Wildman–Crippen MR) is 145 cm³/mol. The summed E-state index contributed by atoms with van der Waals surface area (Å²) >= 11 is 13.7. The van der Waals surface area contributed by atoms with Crippen molar-refractivity contribution in [3.8, 4) is 11.5 Å². The average Bonchev–Trinajstić information content (AvgIpc) is 3.43. The molecule has 188 valence electrons. The number of fused-ring (bicyclic) bond motifs is 1. The Balaban J connectivity index is 1.72. The minimum atomic E-state index is -0.993. The highest BCUT2D eigenvalue weighted by Gasteiger charge is 2.48. The zero-order chi connectivity index (χ0) is 26.3. The van der Waals surface area contributed by atoms with Crippen LogP contribution in [0.3, 0.4) is 0 Å². The Morgan fingerprint density at radius 3 is 2.59 bits per heavy atom. The number of methoxy groups -OCH3 is 1. The minimum Gasteiger partial charge on any atom is -0.507 e. The molecule has 7 nitrogen and oxygen atoms in total. The third-order valence-electron chi connectivity index (χ3n) is 5.91. The molecule has 0 radical (unpaired) electrons. The van der Waals surface area contributed by atoms with Crippen molar-refractivity contribution in [3.63, 3.8) is 0 Å². The molecule has 1 N–H and O–H groups in total. The molecule has 0 bridgehead atoms. The lowest BCUT2D eigenvalue weighted by molar-refractivity contribution is -0.132. The summed E-state index contributed by atoms with van der Waals surface area (Å²) in [5, 5.41) is 12.2. The van der Waals surface area contributed by atoms with Gasteiger partial charge in [0.05, 0.1) is 45.6 Å². The summed E-state index contributed by atoms with van der Waals surface area (Å²) in [6.07, 6.45) is 0. The lowest BCUT2D eigenvalue weighted by Crippen LogP contribution is -2.29. The smallest absolute Gasteiger partial charge is 0.301 e. The van der Waals surface area contributed by atoms with Gasteiger partial charge >= 0.3 is 5.91 Å². The number of amides is 1. The lowest BCUT2D eigenvalue weighted by atomic mass is 9.95. The van der Waals surface area contributed by atoms with Gasteiger partial charge in [-0.25, -0.2) is 4.98 Å². The van der Waals surface area contributed by atoms with Crippen LogP contribution in [-0.2, 0) is 9.59 Å². The van der Waals surface area contributed by atoms with Gasteiger partial charge in [-0.2, -0.15) is 0 Å². The second kappa shape index (κ2) is 10.0. The third-order valence-corrected chi connectivity index (χ3v) is 7.67. The predicted octanol–water partition coefficient (Wildman–Crippen LogP) is 6.64. The first-order valence-corrected chi connectivity index (χ1v) is 12.8. The molecule has 10 heteroatoms.